The number of hydrogen-bond acceptors (Lipinski definition) is 4. The molecule has 1 heterocycles. The molecule has 1 aromatic heterocycles. The van der Waals surface area contributed by atoms with E-state index in [0.717, 1.165) is 0 Å². The second-order valence-corrected chi connectivity index (χ2v) is 6.70. The van der Waals surface area contributed by atoms with Crippen LogP contribution in [0.4, 0.5) is 10.2 Å². The minimum atomic E-state index is -0.437. The van der Waals surface area contributed by atoms with Gasteiger partial charge in [-0.1, -0.05) is 32.9 Å². The summed E-state index contributed by atoms with van der Waals surface area (Å²) in [6.07, 6.45) is 1.42. The average molecular weight is 334 g/mol. The lowest BCUT2D eigenvalue weighted by atomic mass is 9.87. The van der Waals surface area contributed by atoms with E-state index in [4.69, 9.17) is 10.5 Å². The van der Waals surface area contributed by atoms with Crippen molar-refractivity contribution in [1.29, 1.82) is 0 Å². The van der Waals surface area contributed by atoms with Gasteiger partial charge in [0.15, 0.2) is 11.6 Å². The first-order valence-corrected chi connectivity index (χ1v) is 7.66. The van der Waals surface area contributed by atoms with Gasteiger partial charge in [0.1, 0.15) is 18.0 Å². The van der Waals surface area contributed by atoms with Gasteiger partial charge in [0, 0.05) is 7.05 Å². The van der Waals surface area contributed by atoms with Gasteiger partial charge in [-0.15, -0.1) is 0 Å². The average Bonchev–Trinajstić information content (AvgIpc) is 2.83. The molecule has 0 saturated carbocycles. The summed E-state index contributed by atoms with van der Waals surface area (Å²) in [6.45, 7) is 6.04. The Kier molecular flexibility index (Phi) is 5.11. The lowest BCUT2D eigenvalue weighted by Gasteiger charge is -2.31. The summed E-state index contributed by atoms with van der Waals surface area (Å²) >= 11 is 0. The highest BCUT2D eigenvalue weighted by atomic mass is 19.1. The van der Waals surface area contributed by atoms with Crippen molar-refractivity contribution in [2.45, 2.75) is 26.8 Å². The predicted molar refractivity (Wildman–Crippen MR) is 90.2 cm³/mol. The van der Waals surface area contributed by atoms with Crippen molar-refractivity contribution in [3.8, 4) is 5.75 Å². The highest BCUT2D eigenvalue weighted by molar-refractivity contribution is 5.98. The molecule has 0 fully saturated rings. The number of amides is 1. The van der Waals surface area contributed by atoms with Crippen LogP contribution < -0.4 is 15.8 Å². The Morgan fingerprint density at radius 1 is 1.42 bits per heavy atom. The Bertz CT molecular complexity index is 722. The maximum absolute atomic E-state index is 13.7. The number of carbonyl (C=O) groups excluding carboxylic acids is 1. The quantitative estimate of drug-likeness (QED) is 0.879. The van der Waals surface area contributed by atoms with Crippen LogP contribution in [0.2, 0.25) is 0 Å². The van der Waals surface area contributed by atoms with Crippen LogP contribution >= 0.6 is 0 Å². The van der Waals surface area contributed by atoms with Gasteiger partial charge >= 0.3 is 0 Å². The van der Waals surface area contributed by atoms with Crippen LogP contribution in [0.1, 0.15) is 31.1 Å². The van der Waals surface area contributed by atoms with Gasteiger partial charge in [-0.2, -0.15) is 5.10 Å². The van der Waals surface area contributed by atoms with Crippen LogP contribution in [0.15, 0.2) is 30.5 Å². The molecule has 0 saturated heterocycles. The first-order valence-electron chi connectivity index (χ1n) is 7.66. The summed E-state index contributed by atoms with van der Waals surface area (Å²) in [5.74, 6) is -0.331. The zero-order chi connectivity index (χ0) is 17.9. The number of hydrogen-bond donors (Lipinski definition) is 2. The van der Waals surface area contributed by atoms with Crippen LogP contribution in [0.25, 0.3) is 0 Å². The normalized spacial score (nSPS) is 12.7. The second-order valence-electron chi connectivity index (χ2n) is 6.70. The van der Waals surface area contributed by atoms with Gasteiger partial charge in [-0.3, -0.25) is 9.48 Å². The molecular weight excluding hydrogens is 311 g/mol. The van der Waals surface area contributed by atoms with E-state index in [1.807, 2.05) is 20.8 Å². The number of nitrogen functional groups attached to an aromatic ring is 1. The van der Waals surface area contributed by atoms with E-state index in [9.17, 15) is 9.18 Å². The van der Waals surface area contributed by atoms with Crippen molar-refractivity contribution in [3.05, 3.63) is 41.8 Å². The minimum Gasteiger partial charge on any atom is -0.488 e. The third kappa shape index (κ3) is 4.04. The van der Waals surface area contributed by atoms with Gasteiger partial charge in [0.05, 0.1) is 12.2 Å². The molecule has 1 atom stereocenters. The summed E-state index contributed by atoms with van der Waals surface area (Å²) < 4.78 is 20.7. The molecule has 1 amide bonds. The van der Waals surface area contributed by atoms with Gasteiger partial charge in [-0.05, 0) is 17.5 Å². The summed E-state index contributed by atoms with van der Waals surface area (Å²) in [4.78, 5) is 12.4. The lowest BCUT2D eigenvalue weighted by Crippen LogP contribution is -2.47. The Hall–Kier alpha value is -2.57. The standard InChI is InChI=1S/C17H23FN4O2/c1-17(2,3)14(10-24-13-8-6-5-7-12(13)18)21-16(23)11-9-20-22(4)15(11)19/h5-9,14H,10,19H2,1-4H3,(H,21,23)/t14-/m0/s1. The highest BCUT2D eigenvalue weighted by Gasteiger charge is 2.28. The van der Waals surface area contributed by atoms with Crippen LogP contribution in [-0.2, 0) is 7.05 Å². The van der Waals surface area contributed by atoms with E-state index in [1.54, 1.807) is 25.2 Å². The molecule has 7 heteroatoms. The first kappa shape index (κ1) is 17.8. The molecule has 24 heavy (non-hydrogen) atoms. The molecule has 0 spiro atoms. The Labute approximate surface area is 140 Å². The molecule has 3 N–H and O–H groups in total. The lowest BCUT2D eigenvalue weighted by molar-refractivity contribution is 0.0861. The maximum Gasteiger partial charge on any atom is 0.257 e. The maximum atomic E-state index is 13.7. The van der Waals surface area contributed by atoms with Crippen molar-refractivity contribution in [2.75, 3.05) is 12.3 Å². The number of nitrogens with zero attached hydrogens (tertiary/aromatic N) is 2. The van der Waals surface area contributed by atoms with Gasteiger partial charge in [-0.25, -0.2) is 4.39 Å². The van der Waals surface area contributed by atoms with Crippen LogP contribution in [0.5, 0.6) is 5.75 Å². The number of aromatic nitrogens is 2. The zero-order valence-corrected chi connectivity index (χ0v) is 14.3. The molecule has 0 bridgehead atoms. The molecule has 2 aromatic rings. The molecule has 0 radical (unpaired) electrons. The SMILES string of the molecule is Cn1ncc(C(=O)N[C@@H](COc2ccccc2F)C(C)(C)C)c1N. The van der Waals surface area contributed by atoms with Gasteiger partial charge < -0.3 is 15.8 Å². The number of nitrogens with one attached hydrogen (secondary N) is 1. The molecule has 0 aliphatic rings. The zero-order valence-electron chi connectivity index (χ0n) is 14.3. The summed E-state index contributed by atoms with van der Waals surface area (Å²) in [5, 5.41) is 6.86. The number of ether oxygens (including phenoxy) is 1. The molecule has 6 nitrogen and oxygen atoms in total. The number of aryl methyl sites for hydroxylation is 1. The van der Waals surface area contributed by atoms with E-state index in [-0.39, 0.29) is 35.5 Å². The van der Waals surface area contributed by atoms with Crippen molar-refractivity contribution < 1.29 is 13.9 Å². The van der Waals surface area contributed by atoms with Crippen molar-refractivity contribution in [2.24, 2.45) is 12.5 Å². The third-order valence-corrected chi connectivity index (χ3v) is 3.82. The van der Waals surface area contributed by atoms with Crippen LogP contribution in [-0.4, -0.2) is 28.3 Å². The molecule has 0 unspecified atom stereocenters. The molecule has 2 rings (SSSR count). The Balaban J connectivity index is 2.10. The van der Waals surface area contributed by atoms with Crippen LogP contribution in [0.3, 0.4) is 0 Å². The van der Waals surface area contributed by atoms with Gasteiger partial charge in [0.25, 0.3) is 5.91 Å². The fourth-order valence-electron chi connectivity index (χ4n) is 2.10. The number of nitrogens with two attached hydrogens (primary N) is 1. The molecule has 0 aliphatic heterocycles. The van der Waals surface area contributed by atoms with E-state index < -0.39 is 5.82 Å². The third-order valence-electron chi connectivity index (χ3n) is 3.82. The number of benzene rings is 1. The fraction of sp³-hybridized carbons (Fsp3) is 0.412. The van der Waals surface area contributed by atoms with E-state index in [0.29, 0.717) is 5.56 Å². The molecular formula is C17H23FN4O2. The number of carbonyl (C=O) groups is 1. The minimum absolute atomic E-state index is 0.135. The second kappa shape index (κ2) is 6.90. The summed E-state index contributed by atoms with van der Waals surface area (Å²) in [7, 11) is 1.66. The van der Waals surface area contributed by atoms with Crippen molar-refractivity contribution in [3.63, 3.8) is 0 Å². The van der Waals surface area contributed by atoms with Gasteiger partial charge in [0.2, 0.25) is 0 Å². The molecule has 130 valence electrons. The summed E-state index contributed by atoms with van der Waals surface area (Å²) in [6, 6.07) is 5.83. The van der Waals surface area contributed by atoms with E-state index >= 15 is 0 Å². The van der Waals surface area contributed by atoms with Crippen molar-refractivity contribution in [1.82, 2.24) is 15.1 Å². The fourth-order valence-corrected chi connectivity index (χ4v) is 2.10. The number of rotatable bonds is 5. The highest BCUT2D eigenvalue weighted by Crippen LogP contribution is 2.23. The molecule has 0 aliphatic carbocycles. The topological polar surface area (TPSA) is 82.2 Å². The van der Waals surface area contributed by atoms with E-state index in [2.05, 4.69) is 10.4 Å². The number of para-hydroxylation sites is 1. The molecule has 1 aromatic carbocycles. The predicted octanol–water partition coefficient (Wildman–Crippen LogP) is 2.36. The first-order chi connectivity index (χ1) is 11.2. The van der Waals surface area contributed by atoms with E-state index in [1.165, 1.54) is 16.9 Å². The summed E-state index contributed by atoms with van der Waals surface area (Å²) in [5.41, 5.74) is 5.84. The Morgan fingerprint density at radius 2 is 2.08 bits per heavy atom. The monoisotopic (exact) mass is 334 g/mol. The number of halogens is 1. The smallest absolute Gasteiger partial charge is 0.257 e. The Morgan fingerprint density at radius 3 is 2.62 bits per heavy atom. The largest absolute Gasteiger partial charge is 0.488 e. The van der Waals surface area contributed by atoms with Crippen LogP contribution in [0, 0.1) is 11.2 Å². The van der Waals surface area contributed by atoms with Crippen molar-refractivity contribution >= 4 is 11.7 Å². The number of anilines is 1.